The van der Waals surface area contributed by atoms with Crippen molar-refractivity contribution in [1.29, 1.82) is 0 Å². The molecule has 0 bridgehead atoms. The summed E-state index contributed by atoms with van der Waals surface area (Å²) in [5.41, 5.74) is 0.427. The lowest BCUT2D eigenvalue weighted by atomic mass is 10.1. The fourth-order valence-electron chi connectivity index (χ4n) is 3.98. The molecule has 2 aliphatic rings. The monoisotopic (exact) mass is 455 g/mol. The molecule has 0 saturated carbocycles. The maximum Gasteiger partial charge on any atom is 0.243 e. The van der Waals surface area contributed by atoms with Crippen LogP contribution in [0.5, 0.6) is 0 Å². The van der Waals surface area contributed by atoms with Gasteiger partial charge in [0.05, 0.1) is 13.0 Å². The topological polar surface area (TPSA) is 111 Å². The van der Waals surface area contributed by atoms with E-state index in [0.29, 0.717) is 50.9 Å². The Labute approximate surface area is 190 Å². The first-order chi connectivity index (χ1) is 16.0. The maximum atomic E-state index is 13.1. The average Bonchev–Trinajstić information content (AvgIpc) is 2.83. The highest BCUT2D eigenvalue weighted by atomic mass is 19.1. The van der Waals surface area contributed by atoms with Crippen molar-refractivity contribution in [2.75, 3.05) is 56.0 Å². The molecular weight excluding hydrogens is 429 g/mol. The summed E-state index contributed by atoms with van der Waals surface area (Å²) in [5.74, 6) is -0.696. The molecule has 0 spiro atoms. The van der Waals surface area contributed by atoms with Crippen LogP contribution in [0.2, 0.25) is 0 Å². The van der Waals surface area contributed by atoms with Crippen LogP contribution in [0.1, 0.15) is 6.42 Å². The number of nitrogens with zero attached hydrogens (tertiary/aromatic N) is 5. The van der Waals surface area contributed by atoms with Gasteiger partial charge in [-0.05, 0) is 30.3 Å². The van der Waals surface area contributed by atoms with Crippen molar-refractivity contribution in [3.8, 4) is 0 Å². The minimum absolute atomic E-state index is 0.173. The molecule has 4 rings (SSSR count). The molecule has 10 nitrogen and oxygen atoms in total. The lowest BCUT2D eigenvalue weighted by Gasteiger charge is -2.38. The van der Waals surface area contributed by atoms with E-state index in [1.54, 1.807) is 18.5 Å². The molecule has 0 unspecified atom stereocenters. The third kappa shape index (κ3) is 5.80. The van der Waals surface area contributed by atoms with Gasteiger partial charge in [0.25, 0.3) is 0 Å². The van der Waals surface area contributed by atoms with E-state index < -0.39 is 17.8 Å². The van der Waals surface area contributed by atoms with E-state index in [-0.39, 0.29) is 24.8 Å². The molecule has 33 heavy (non-hydrogen) atoms. The Kier molecular flexibility index (Phi) is 7.08. The van der Waals surface area contributed by atoms with Crippen molar-refractivity contribution in [1.82, 2.24) is 25.1 Å². The smallest absolute Gasteiger partial charge is 0.243 e. The number of benzene rings is 1. The Bertz CT molecular complexity index is 981. The van der Waals surface area contributed by atoms with Gasteiger partial charge >= 0.3 is 0 Å². The molecule has 2 aliphatic heterocycles. The summed E-state index contributed by atoms with van der Waals surface area (Å²) in [4.78, 5) is 52.1. The third-order valence-electron chi connectivity index (χ3n) is 5.72. The number of hydrogen-bond acceptors (Lipinski definition) is 7. The standard InChI is InChI=1S/C22H26FN7O3/c23-16-2-4-17(5-3-16)27-19(31)14-18-21(33)24-8-9-30(18)20(32)15-28-10-12-29(13-11-28)22-25-6-1-7-26-22/h1-7,18H,8-15H2,(H,24,33)(H,27,31)/t18-/m1/s1. The Morgan fingerprint density at radius 2 is 1.76 bits per heavy atom. The van der Waals surface area contributed by atoms with E-state index in [1.165, 1.54) is 29.2 Å². The van der Waals surface area contributed by atoms with Gasteiger partial charge in [0.1, 0.15) is 11.9 Å². The molecule has 174 valence electrons. The second kappa shape index (κ2) is 10.3. The fraction of sp³-hybridized carbons (Fsp3) is 0.409. The second-order valence-corrected chi connectivity index (χ2v) is 7.97. The quantitative estimate of drug-likeness (QED) is 0.635. The molecule has 1 aromatic heterocycles. The fourth-order valence-corrected chi connectivity index (χ4v) is 3.98. The first-order valence-electron chi connectivity index (χ1n) is 10.9. The molecule has 2 aromatic rings. The molecular formula is C22H26FN7O3. The van der Waals surface area contributed by atoms with E-state index in [4.69, 9.17) is 0 Å². The van der Waals surface area contributed by atoms with Crippen molar-refractivity contribution in [2.24, 2.45) is 0 Å². The van der Waals surface area contributed by atoms with Crippen LogP contribution in [0.15, 0.2) is 42.7 Å². The summed E-state index contributed by atoms with van der Waals surface area (Å²) in [6, 6.07) is 6.24. The summed E-state index contributed by atoms with van der Waals surface area (Å²) in [7, 11) is 0. The minimum Gasteiger partial charge on any atom is -0.353 e. The summed E-state index contributed by atoms with van der Waals surface area (Å²) < 4.78 is 13.1. The summed E-state index contributed by atoms with van der Waals surface area (Å²) in [5, 5.41) is 5.37. The Hall–Kier alpha value is -3.60. The number of carbonyl (C=O) groups excluding carboxylic acids is 3. The zero-order valence-corrected chi connectivity index (χ0v) is 18.1. The number of amides is 3. The van der Waals surface area contributed by atoms with Crippen LogP contribution < -0.4 is 15.5 Å². The zero-order chi connectivity index (χ0) is 23.2. The molecule has 2 saturated heterocycles. The number of piperazine rings is 2. The van der Waals surface area contributed by atoms with Crippen LogP contribution in [0.25, 0.3) is 0 Å². The molecule has 1 atom stereocenters. The van der Waals surface area contributed by atoms with Gasteiger partial charge in [-0.1, -0.05) is 0 Å². The van der Waals surface area contributed by atoms with Crippen molar-refractivity contribution in [3.63, 3.8) is 0 Å². The Morgan fingerprint density at radius 1 is 1.06 bits per heavy atom. The molecule has 3 amide bonds. The van der Waals surface area contributed by atoms with E-state index in [9.17, 15) is 18.8 Å². The predicted octanol–water partition coefficient (Wildman–Crippen LogP) is 0.0935. The molecule has 2 N–H and O–H groups in total. The highest BCUT2D eigenvalue weighted by Crippen LogP contribution is 2.15. The number of nitrogens with one attached hydrogen (secondary N) is 2. The zero-order valence-electron chi connectivity index (χ0n) is 18.1. The SMILES string of the molecule is O=C(C[C@@H]1C(=O)NCCN1C(=O)CN1CCN(c2ncccn2)CC1)Nc1ccc(F)cc1. The van der Waals surface area contributed by atoms with E-state index in [0.717, 1.165) is 0 Å². The normalized spacial score (nSPS) is 19.2. The molecule has 0 radical (unpaired) electrons. The van der Waals surface area contributed by atoms with Gasteiger partial charge in [0.15, 0.2) is 0 Å². The highest BCUT2D eigenvalue weighted by Gasteiger charge is 2.35. The molecule has 11 heteroatoms. The van der Waals surface area contributed by atoms with Gasteiger partial charge in [-0.3, -0.25) is 19.3 Å². The molecule has 1 aromatic carbocycles. The number of carbonyl (C=O) groups is 3. The Morgan fingerprint density at radius 3 is 2.45 bits per heavy atom. The van der Waals surface area contributed by atoms with Crippen molar-refractivity contribution in [3.05, 3.63) is 48.5 Å². The van der Waals surface area contributed by atoms with Crippen LogP contribution in [0.4, 0.5) is 16.0 Å². The summed E-state index contributed by atoms with van der Waals surface area (Å²) >= 11 is 0. The average molecular weight is 455 g/mol. The number of hydrogen-bond donors (Lipinski definition) is 2. The van der Waals surface area contributed by atoms with Crippen molar-refractivity contribution < 1.29 is 18.8 Å². The van der Waals surface area contributed by atoms with Gasteiger partial charge in [-0.25, -0.2) is 14.4 Å². The maximum absolute atomic E-state index is 13.1. The van der Waals surface area contributed by atoms with Crippen LogP contribution >= 0.6 is 0 Å². The van der Waals surface area contributed by atoms with Gasteiger partial charge in [-0.15, -0.1) is 0 Å². The van der Waals surface area contributed by atoms with Gasteiger partial charge in [0, 0.05) is 57.3 Å². The number of rotatable bonds is 6. The lowest BCUT2D eigenvalue weighted by Crippen LogP contribution is -2.60. The van der Waals surface area contributed by atoms with Gasteiger partial charge in [0.2, 0.25) is 23.7 Å². The first-order valence-corrected chi connectivity index (χ1v) is 10.9. The van der Waals surface area contributed by atoms with Crippen LogP contribution in [-0.2, 0) is 14.4 Å². The van der Waals surface area contributed by atoms with Crippen LogP contribution in [-0.4, -0.2) is 89.3 Å². The summed E-state index contributed by atoms with van der Waals surface area (Å²) in [6.45, 7) is 3.59. The minimum atomic E-state index is -0.884. The molecule has 2 fully saturated rings. The third-order valence-corrected chi connectivity index (χ3v) is 5.72. The van der Waals surface area contributed by atoms with E-state index >= 15 is 0 Å². The van der Waals surface area contributed by atoms with Crippen molar-refractivity contribution in [2.45, 2.75) is 12.5 Å². The van der Waals surface area contributed by atoms with E-state index in [1.807, 2.05) is 4.90 Å². The molecule has 3 heterocycles. The Balaban J connectivity index is 1.32. The summed E-state index contributed by atoms with van der Waals surface area (Å²) in [6.07, 6.45) is 3.23. The first kappa shape index (κ1) is 22.6. The predicted molar refractivity (Wildman–Crippen MR) is 119 cm³/mol. The second-order valence-electron chi connectivity index (χ2n) is 7.97. The lowest BCUT2D eigenvalue weighted by molar-refractivity contribution is -0.145. The van der Waals surface area contributed by atoms with Gasteiger partial charge in [-0.2, -0.15) is 0 Å². The van der Waals surface area contributed by atoms with Crippen LogP contribution in [0, 0.1) is 5.82 Å². The highest BCUT2D eigenvalue weighted by molar-refractivity contribution is 5.97. The van der Waals surface area contributed by atoms with E-state index in [2.05, 4.69) is 25.5 Å². The van der Waals surface area contributed by atoms with Gasteiger partial charge < -0.3 is 20.4 Å². The number of aromatic nitrogens is 2. The molecule has 0 aliphatic carbocycles. The van der Waals surface area contributed by atoms with Crippen LogP contribution in [0.3, 0.4) is 0 Å². The largest absolute Gasteiger partial charge is 0.353 e. The van der Waals surface area contributed by atoms with Crippen molar-refractivity contribution >= 4 is 29.4 Å². The number of halogens is 1. The number of anilines is 2.